The lowest BCUT2D eigenvalue weighted by molar-refractivity contribution is -0.149. The number of carboxylic acids is 1. The zero-order chi connectivity index (χ0) is 13.3. The molecule has 7 nitrogen and oxygen atoms in total. The third-order valence-electron chi connectivity index (χ3n) is 1.57. The number of alkyl carbamates (subject to hydrolysis) is 1. The second-order valence-electron chi connectivity index (χ2n) is 2.93. The molecule has 0 aromatic carbocycles. The van der Waals surface area contributed by atoms with Gasteiger partial charge in [-0.25, -0.2) is 9.59 Å². The minimum atomic E-state index is -1.26. The molecule has 1 atom stereocenters. The van der Waals surface area contributed by atoms with E-state index in [0.29, 0.717) is 0 Å². The first-order valence-corrected chi connectivity index (χ1v) is 4.93. The Balaban J connectivity index is 4.36. The summed E-state index contributed by atoms with van der Waals surface area (Å²) in [6.45, 7) is 4.97. The Kier molecular flexibility index (Phi) is 7.16. The first-order chi connectivity index (χ1) is 8.01. The average molecular weight is 245 g/mol. The Hall–Kier alpha value is -2.05. The molecule has 0 saturated heterocycles. The molecule has 0 heterocycles. The number of carbonyl (C=O) groups excluding carboxylic acids is 2. The van der Waals surface area contributed by atoms with Crippen molar-refractivity contribution >= 4 is 18.0 Å². The fraction of sp³-hybridized carbons (Fsp3) is 0.500. The molecular weight excluding hydrogens is 230 g/mol. The third-order valence-corrected chi connectivity index (χ3v) is 1.57. The van der Waals surface area contributed by atoms with E-state index in [1.54, 1.807) is 6.92 Å². The second kappa shape index (κ2) is 8.14. The van der Waals surface area contributed by atoms with Gasteiger partial charge in [-0.15, -0.1) is 0 Å². The highest BCUT2D eigenvalue weighted by Crippen LogP contribution is 1.97. The average Bonchev–Trinajstić information content (AvgIpc) is 2.25. The van der Waals surface area contributed by atoms with Crippen molar-refractivity contribution in [1.82, 2.24) is 5.32 Å². The maximum absolute atomic E-state index is 11.3. The molecule has 0 aromatic rings. The molecule has 7 heteroatoms. The van der Waals surface area contributed by atoms with Gasteiger partial charge in [-0.2, -0.15) is 0 Å². The predicted molar refractivity (Wildman–Crippen MR) is 57.4 cm³/mol. The lowest BCUT2D eigenvalue weighted by atomic mass is 10.2. The van der Waals surface area contributed by atoms with Gasteiger partial charge in [0.2, 0.25) is 0 Å². The monoisotopic (exact) mass is 245 g/mol. The highest BCUT2D eigenvalue weighted by molar-refractivity contribution is 5.85. The number of hydrogen-bond donors (Lipinski definition) is 2. The van der Waals surface area contributed by atoms with E-state index < -0.39 is 30.5 Å². The number of aliphatic carboxylic acids is 1. The number of carbonyl (C=O) groups is 3. The minimum Gasteiger partial charge on any atom is -0.481 e. The van der Waals surface area contributed by atoms with Gasteiger partial charge in [0.1, 0.15) is 12.6 Å². The van der Waals surface area contributed by atoms with Crippen molar-refractivity contribution in [3.63, 3.8) is 0 Å². The van der Waals surface area contributed by atoms with E-state index in [1.165, 1.54) is 6.08 Å². The van der Waals surface area contributed by atoms with Gasteiger partial charge < -0.3 is 19.9 Å². The highest BCUT2D eigenvalue weighted by Gasteiger charge is 2.25. The summed E-state index contributed by atoms with van der Waals surface area (Å²) in [5.41, 5.74) is 0. The Morgan fingerprint density at radius 3 is 2.53 bits per heavy atom. The Labute approximate surface area is 98.4 Å². The number of ether oxygens (including phenoxy) is 2. The van der Waals surface area contributed by atoms with Gasteiger partial charge in [-0.3, -0.25) is 4.79 Å². The summed E-state index contributed by atoms with van der Waals surface area (Å²) in [5.74, 6) is -2.04. The molecule has 0 unspecified atom stereocenters. The van der Waals surface area contributed by atoms with Crippen molar-refractivity contribution in [1.29, 1.82) is 0 Å². The first kappa shape index (κ1) is 14.9. The fourth-order valence-corrected chi connectivity index (χ4v) is 0.929. The molecule has 0 aromatic heterocycles. The van der Waals surface area contributed by atoms with Gasteiger partial charge in [0, 0.05) is 0 Å². The minimum absolute atomic E-state index is 0.0333. The summed E-state index contributed by atoms with van der Waals surface area (Å²) >= 11 is 0. The number of esters is 1. The summed E-state index contributed by atoms with van der Waals surface area (Å²) < 4.78 is 9.18. The summed E-state index contributed by atoms with van der Waals surface area (Å²) in [6.07, 6.45) is -0.123. The van der Waals surface area contributed by atoms with E-state index in [2.05, 4.69) is 21.4 Å². The van der Waals surface area contributed by atoms with E-state index in [-0.39, 0.29) is 13.2 Å². The van der Waals surface area contributed by atoms with Crippen LogP contribution in [-0.2, 0) is 19.1 Å². The van der Waals surface area contributed by atoms with Gasteiger partial charge in [0.05, 0.1) is 13.0 Å². The zero-order valence-electron chi connectivity index (χ0n) is 9.47. The zero-order valence-corrected chi connectivity index (χ0v) is 9.47. The van der Waals surface area contributed by atoms with E-state index >= 15 is 0 Å². The van der Waals surface area contributed by atoms with Crippen LogP contribution in [0.25, 0.3) is 0 Å². The van der Waals surface area contributed by atoms with Crippen LogP contribution in [0.2, 0.25) is 0 Å². The van der Waals surface area contributed by atoms with Gasteiger partial charge >= 0.3 is 18.0 Å². The number of rotatable bonds is 7. The van der Waals surface area contributed by atoms with Crippen molar-refractivity contribution < 1.29 is 29.0 Å². The topological polar surface area (TPSA) is 102 Å². The van der Waals surface area contributed by atoms with Crippen LogP contribution in [0, 0.1) is 0 Å². The normalized spacial score (nSPS) is 11.1. The van der Waals surface area contributed by atoms with Crippen LogP contribution in [0.1, 0.15) is 13.3 Å². The van der Waals surface area contributed by atoms with Crippen molar-refractivity contribution in [3.05, 3.63) is 12.7 Å². The summed E-state index contributed by atoms with van der Waals surface area (Å²) in [7, 11) is 0. The molecule has 17 heavy (non-hydrogen) atoms. The lowest BCUT2D eigenvalue weighted by Gasteiger charge is -2.14. The standard InChI is InChI=1S/C10H15NO6/c1-3-5-17-10(15)11-7(6-8(12)13)9(14)16-4-2/h3,7H,1,4-6H2,2H3,(H,11,15)(H,12,13)/t7-/m0/s1. The largest absolute Gasteiger partial charge is 0.481 e. The molecule has 0 spiro atoms. The molecular formula is C10H15NO6. The summed E-state index contributed by atoms with van der Waals surface area (Å²) in [4.78, 5) is 32.9. The number of amides is 1. The number of nitrogens with one attached hydrogen (secondary N) is 1. The summed E-state index contributed by atoms with van der Waals surface area (Å²) in [5, 5.41) is 10.7. The SMILES string of the molecule is C=CCOC(=O)N[C@@H](CC(=O)O)C(=O)OCC. The molecule has 0 aliphatic heterocycles. The van der Waals surface area contributed by atoms with Crippen LogP contribution in [0.5, 0.6) is 0 Å². The maximum atomic E-state index is 11.3. The molecule has 0 aliphatic carbocycles. The van der Waals surface area contributed by atoms with Crippen molar-refractivity contribution in [2.24, 2.45) is 0 Å². The molecule has 0 fully saturated rings. The van der Waals surface area contributed by atoms with Crippen molar-refractivity contribution in [2.75, 3.05) is 13.2 Å². The van der Waals surface area contributed by atoms with Crippen LogP contribution < -0.4 is 5.32 Å². The molecule has 0 aliphatic rings. The van der Waals surface area contributed by atoms with Crippen LogP contribution in [0.3, 0.4) is 0 Å². The lowest BCUT2D eigenvalue weighted by Crippen LogP contribution is -2.43. The highest BCUT2D eigenvalue weighted by atomic mass is 16.6. The van der Waals surface area contributed by atoms with Crippen LogP contribution >= 0.6 is 0 Å². The molecule has 1 amide bonds. The quantitative estimate of drug-likeness (QED) is 0.494. The molecule has 0 radical (unpaired) electrons. The van der Waals surface area contributed by atoms with E-state index in [4.69, 9.17) is 5.11 Å². The van der Waals surface area contributed by atoms with Crippen LogP contribution in [0.4, 0.5) is 4.79 Å². The fourth-order valence-electron chi connectivity index (χ4n) is 0.929. The Morgan fingerprint density at radius 1 is 1.41 bits per heavy atom. The van der Waals surface area contributed by atoms with Gasteiger partial charge in [-0.05, 0) is 6.92 Å². The Morgan fingerprint density at radius 2 is 2.06 bits per heavy atom. The van der Waals surface area contributed by atoms with Crippen LogP contribution in [0.15, 0.2) is 12.7 Å². The molecule has 0 saturated carbocycles. The molecule has 96 valence electrons. The number of hydrogen-bond acceptors (Lipinski definition) is 5. The van der Waals surface area contributed by atoms with E-state index in [1.807, 2.05) is 0 Å². The third kappa shape index (κ3) is 6.93. The Bertz CT molecular complexity index is 301. The van der Waals surface area contributed by atoms with Crippen LogP contribution in [-0.4, -0.2) is 42.4 Å². The number of carboxylic acid groups (broad SMARTS) is 1. The van der Waals surface area contributed by atoms with Gasteiger partial charge in [0.15, 0.2) is 0 Å². The second-order valence-corrected chi connectivity index (χ2v) is 2.93. The molecule has 0 rings (SSSR count). The first-order valence-electron chi connectivity index (χ1n) is 4.93. The summed E-state index contributed by atoms with van der Waals surface area (Å²) in [6, 6.07) is -1.26. The molecule has 0 bridgehead atoms. The van der Waals surface area contributed by atoms with Gasteiger partial charge in [0.25, 0.3) is 0 Å². The van der Waals surface area contributed by atoms with Crippen molar-refractivity contribution in [3.8, 4) is 0 Å². The predicted octanol–water partition coefficient (Wildman–Crippen LogP) is 0.305. The smallest absolute Gasteiger partial charge is 0.408 e. The molecule has 2 N–H and O–H groups in total. The van der Waals surface area contributed by atoms with Crippen molar-refractivity contribution in [2.45, 2.75) is 19.4 Å². The van der Waals surface area contributed by atoms with Gasteiger partial charge in [-0.1, -0.05) is 12.7 Å². The maximum Gasteiger partial charge on any atom is 0.408 e. The van der Waals surface area contributed by atoms with E-state index in [9.17, 15) is 14.4 Å². The van der Waals surface area contributed by atoms with E-state index in [0.717, 1.165) is 0 Å².